The van der Waals surface area contributed by atoms with Gasteiger partial charge in [0.25, 0.3) is 0 Å². The van der Waals surface area contributed by atoms with E-state index in [0.29, 0.717) is 12.2 Å². The molecule has 122 valence electrons. The normalized spacial score (nSPS) is 12.0. The van der Waals surface area contributed by atoms with Crippen molar-refractivity contribution in [2.45, 2.75) is 33.1 Å². The minimum Gasteiger partial charge on any atom is -0.466 e. The lowest BCUT2D eigenvalue weighted by Crippen LogP contribution is -2.14. The van der Waals surface area contributed by atoms with Crippen molar-refractivity contribution in [3.05, 3.63) is 59.9 Å². The first-order valence-electron chi connectivity index (χ1n) is 8.12. The molecule has 0 amide bonds. The molecule has 0 aliphatic rings. The van der Waals surface area contributed by atoms with E-state index in [2.05, 4.69) is 0 Å². The number of aryl methyl sites for hydroxylation is 1. The van der Waals surface area contributed by atoms with E-state index >= 15 is 0 Å². The minimum absolute atomic E-state index is 0.0624. The molecule has 2 rings (SSSR count). The Balaban J connectivity index is 1.89. The number of hydrogen-bond donors (Lipinski definition) is 0. The predicted octanol–water partition coefficient (Wildman–Crippen LogP) is 5.01. The summed E-state index contributed by atoms with van der Waals surface area (Å²) < 4.78 is 18.8. The second-order valence-corrected chi connectivity index (χ2v) is 5.72. The van der Waals surface area contributed by atoms with Crippen molar-refractivity contribution in [2.75, 3.05) is 6.61 Å². The van der Waals surface area contributed by atoms with Crippen molar-refractivity contribution in [1.29, 1.82) is 0 Å². The van der Waals surface area contributed by atoms with E-state index < -0.39 is 0 Å². The Bertz CT molecular complexity index is 634. The maximum Gasteiger partial charge on any atom is 0.308 e. The van der Waals surface area contributed by atoms with Gasteiger partial charge in [0.05, 0.1) is 12.5 Å². The molecule has 1 atom stereocenters. The van der Waals surface area contributed by atoms with Gasteiger partial charge in [0, 0.05) is 5.56 Å². The molecule has 2 nitrogen and oxygen atoms in total. The van der Waals surface area contributed by atoms with Crippen LogP contribution in [0.15, 0.2) is 48.5 Å². The van der Waals surface area contributed by atoms with Gasteiger partial charge in [0.15, 0.2) is 0 Å². The first kappa shape index (κ1) is 17.2. The van der Waals surface area contributed by atoms with E-state index in [1.54, 1.807) is 12.1 Å². The predicted molar refractivity (Wildman–Crippen MR) is 90.6 cm³/mol. The van der Waals surface area contributed by atoms with E-state index in [4.69, 9.17) is 4.74 Å². The first-order valence-corrected chi connectivity index (χ1v) is 8.12. The highest BCUT2D eigenvalue weighted by atomic mass is 19.1. The second kappa shape index (κ2) is 8.47. The topological polar surface area (TPSA) is 26.3 Å². The summed E-state index contributed by atoms with van der Waals surface area (Å²) in [4.78, 5) is 11.6. The lowest BCUT2D eigenvalue weighted by Gasteiger charge is -2.10. The molecule has 0 bridgehead atoms. The van der Waals surface area contributed by atoms with Gasteiger partial charge in [-0.25, -0.2) is 4.39 Å². The van der Waals surface area contributed by atoms with Gasteiger partial charge in [0.1, 0.15) is 5.82 Å². The average Bonchev–Trinajstić information content (AvgIpc) is 2.56. The van der Waals surface area contributed by atoms with Crippen LogP contribution in [-0.4, -0.2) is 12.6 Å². The number of carbonyl (C=O) groups is 1. The van der Waals surface area contributed by atoms with Gasteiger partial charge in [-0.05, 0) is 43.4 Å². The van der Waals surface area contributed by atoms with Crippen molar-refractivity contribution < 1.29 is 13.9 Å². The molecule has 0 fully saturated rings. The summed E-state index contributed by atoms with van der Waals surface area (Å²) in [7, 11) is 0. The Morgan fingerprint density at radius 3 is 2.48 bits per heavy atom. The number of carbonyl (C=O) groups excluding carboxylic acids is 1. The number of halogens is 1. The molecular weight excluding hydrogens is 291 g/mol. The molecule has 0 heterocycles. The number of rotatable bonds is 7. The fourth-order valence-corrected chi connectivity index (χ4v) is 2.56. The summed E-state index contributed by atoms with van der Waals surface area (Å²) >= 11 is 0. The van der Waals surface area contributed by atoms with Crippen molar-refractivity contribution >= 4 is 5.97 Å². The summed E-state index contributed by atoms with van der Waals surface area (Å²) in [5.74, 6) is -0.390. The molecule has 0 saturated carbocycles. The second-order valence-electron chi connectivity index (χ2n) is 5.72. The third kappa shape index (κ3) is 4.92. The fraction of sp³-hybridized carbons (Fsp3) is 0.350. The molecule has 2 aromatic rings. The lowest BCUT2D eigenvalue weighted by molar-refractivity contribution is -0.147. The van der Waals surface area contributed by atoms with E-state index in [-0.39, 0.29) is 17.7 Å². The van der Waals surface area contributed by atoms with E-state index in [0.717, 1.165) is 24.8 Å². The molecule has 0 saturated heterocycles. The van der Waals surface area contributed by atoms with Crippen LogP contribution in [0.5, 0.6) is 0 Å². The molecule has 0 aromatic heterocycles. The van der Waals surface area contributed by atoms with Gasteiger partial charge in [-0.2, -0.15) is 0 Å². The van der Waals surface area contributed by atoms with Crippen molar-refractivity contribution in [3.63, 3.8) is 0 Å². The van der Waals surface area contributed by atoms with E-state index in [1.165, 1.54) is 11.6 Å². The third-order valence-corrected chi connectivity index (χ3v) is 3.93. The summed E-state index contributed by atoms with van der Waals surface area (Å²) in [6.45, 7) is 4.15. The van der Waals surface area contributed by atoms with Gasteiger partial charge >= 0.3 is 5.97 Å². The molecule has 2 aromatic carbocycles. The van der Waals surface area contributed by atoms with Crippen molar-refractivity contribution in [1.82, 2.24) is 0 Å². The number of ether oxygens (including phenoxy) is 1. The molecule has 0 N–H and O–H groups in total. The van der Waals surface area contributed by atoms with Crippen LogP contribution in [0.1, 0.15) is 32.3 Å². The summed E-state index contributed by atoms with van der Waals surface area (Å²) in [6.07, 6.45) is 2.65. The van der Waals surface area contributed by atoms with Crippen LogP contribution in [0.25, 0.3) is 11.1 Å². The Kier molecular flexibility index (Phi) is 6.33. The quantitative estimate of drug-likeness (QED) is 0.671. The van der Waals surface area contributed by atoms with Gasteiger partial charge in [0.2, 0.25) is 0 Å². The average molecular weight is 314 g/mol. The number of benzene rings is 2. The molecule has 0 radical (unpaired) electrons. The molecule has 23 heavy (non-hydrogen) atoms. The maximum absolute atomic E-state index is 13.8. The Hall–Kier alpha value is -2.16. The van der Waals surface area contributed by atoms with Gasteiger partial charge < -0.3 is 4.74 Å². The van der Waals surface area contributed by atoms with Crippen LogP contribution in [0, 0.1) is 11.7 Å². The fourth-order valence-electron chi connectivity index (χ4n) is 2.56. The van der Waals surface area contributed by atoms with Crippen molar-refractivity contribution in [3.8, 4) is 11.1 Å². The summed E-state index contributed by atoms with van der Waals surface area (Å²) in [5.41, 5.74) is 2.70. The molecule has 3 heteroatoms. The summed E-state index contributed by atoms with van der Waals surface area (Å²) in [5, 5.41) is 0. The van der Waals surface area contributed by atoms with Crippen LogP contribution < -0.4 is 0 Å². The zero-order chi connectivity index (χ0) is 16.7. The van der Waals surface area contributed by atoms with Crippen LogP contribution in [0.4, 0.5) is 4.39 Å². The Morgan fingerprint density at radius 2 is 1.83 bits per heavy atom. The summed E-state index contributed by atoms with van der Waals surface area (Å²) in [6, 6.07) is 14.7. The monoisotopic (exact) mass is 314 g/mol. The molecular formula is C20H23FO2. The Morgan fingerprint density at radius 1 is 1.13 bits per heavy atom. The highest BCUT2D eigenvalue weighted by molar-refractivity contribution is 5.71. The smallest absolute Gasteiger partial charge is 0.308 e. The minimum atomic E-state index is -0.205. The van der Waals surface area contributed by atoms with Crippen LogP contribution in [0.2, 0.25) is 0 Å². The molecule has 0 aliphatic carbocycles. The molecule has 1 unspecified atom stereocenters. The first-order chi connectivity index (χ1) is 11.1. The van der Waals surface area contributed by atoms with Gasteiger partial charge in [-0.1, -0.05) is 49.4 Å². The molecule has 0 aliphatic heterocycles. The zero-order valence-corrected chi connectivity index (χ0v) is 13.7. The maximum atomic E-state index is 13.8. The van der Waals surface area contributed by atoms with Crippen LogP contribution in [-0.2, 0) is 16.0 Å². The van der Waals surface area contributed by atoms with Gasteiger partial charge in [-0.3, -0.25) is 4.79 Å². The zero-order valence-electron chi connectivity index (χ0n) is 13.7. The SMILES string of the molecule is CCOC(=O)C(C)CCCc1ccc(-c2ccccc2F)cc1. The van der Waals surface area contributed by atoms with Crippen molar-refractivity contribution in [2.24, 2.45) is 5.92 Å². The molecule has 0 spiro atoms. The van der Waals surface area contributed by atoms with E-state index in [1.807, 2.05) is 44.2 Å². The Labute approximate surface area is 137 Å². The largest absolute Gasteiger partial charge is 0.466 e. The van der Waals surface area contributed by atoms with Crippen LogP contribution in [0.3, 0.4) is 0 Å². The third-order valence-electron chi connectivity index (χ3n) is 3.93. The standard InChI is InChI=1S/C20H23FO2/c1-3-23-20(22)15(2)7-6-8-16-11-13-17(14-12-16)18-9-4-5-10-19(18)21/h4-5,9-15H,3,6-8H2,1-2H3. The van der Waals surface area contributed by atoms with Crippen LogP contribution >= 0.6 is 0 Å². The highest BCUT2D eigenvalue weighted by Crippen LogP contribution is 2.23. The van der Waals surface area contributed by atoms with E-state index in [9.17, 15) is 9.18 Å². The lowest BCUT2D eigenvalue weighted by atomic mass is 9.99. The highest BCUT2D eigenvalue weighted by Gasteiger charge is 2.13. The number of hydrogen-bond acceptors (Lipinski definition) is 2. The van der Waals surface area contributed by atoms with Gasteiger partial charge in [-0.15, -0.1) is 0 Å². The number of esters is 1.